The number of aromatic nitrogens is 2. The molecule has 0 spiro atoms. The molecule has 130 valence electrons. The Bertz CT molecular complexity index is 745. The molecule has 2 aliphatic rings. The Morgan fingerprint density at radius 1 is 1.12 bits per heavy atom. The van der Waals surface area contributed by atoms with Crippen LogP contribution < -0.4 is 19.5 Å². The van der Waals surface area contributed by atoms with Gasteiger partial charge in [-0.15, -0.1) is 0 Å². The fourth-order valence-electron chi connectivity index (χ4n) is 3.15. The number of carbonyl (C=O) groups excluding carboxylic acids is 1. The van der Waals surface area contributed by atoms with E-state index in [0.29, 0.717) is 22.9 Å². The molecule has 1 N–H and O–H groups in total. The molecule has 0 bridgehead atoms. The molecule has 1 aromatic carbocycles. The average Bonchev–Trinajstić information content (AvgIpc) is 3.12. The number of hydrogen-bond acceptors (Lipinski definition) is 6. The van der Waals surface area contributed by atoms with E-state index >= 15 is 0 Å². The van der Waals surface area contributed by atoms with Crippen LogP contribution in [0.25, 0.3) is 0 Å². The van der Waals surface area contributed by atoms with E-state index in [-0.39, 0.29) is 24.8 Å². The van der Waals surface area contributed by atoms with Crippen LogP contribution in [0.15, 0.2) is 36.8 Å². The minimum Gasteiger partial charge on any atom is -0.473 e. The van der Waals surface area contributed by atoms with Crippen LogP contribution in [0.5, 0.6) is 17.4 Å². The smallest absolute Gasteiger partial charge is 0.251 e. The molecule has 7 heteroatoms. The molecule has 1 aliphatic carbocycles. The van der Waals surface area contributed by atoms with Gasteiger partial charge in [0.15, 0.2) is 11.5 Å². The summed E-state index contributed by atoms with van der Waals surface area (Å²) in [5, 5.41) is 3.09. The van der Waals surface area contributed by atoms with E-state index in [9.17, 15) is 4.79 Å². The van der Waals surface area contributed by atoms with E-state index in [1.54, 1.807) is 36.8 Å². The van der Waals surface area contributed by atoms with Gasteiger partial charge in [-0.1, -0.05) is 0 Å². The number of rotatable bonds is 4. The molecule has 0 unspecified atom stereocenters. The van der Waals surface area contributed by atoms with Gasteiger partial charge in [0.1, 0.15) is 6.10 Å². The van der Waals surface area contributed by atoms with Crippen LogP contribution in [0.4, 0.5) is 0 Å². The van der Waals surface area contributed by atoms with Crippen molar-refractivity contribution in [2.24, 2.45) is 0 Å². The van der Waals surface area contributed by atoms with Crippen molar-refractivity contribution in [3.05, 3.63) is 42.4 Å². The Labute approximate surface area is 145 Å². The van der Waals surface area contributed by atoms with Crippen LogP contribution in [0, 0.1) is 0 Å². The van der Waals surface area contributed by atoms with Crippen molar-refractivity contribution in [3.8, 4) is 17.4 Å². The molecule has 1 aliphatic heterocycles. The van der Waals surface area contributed by atoms with E-state index in [4.69, 9.17) is 14.2 Å². The van der Waals surface area contributed by atoms with Gasteiger partial charge in [-0.2, -0.15) is 0 Å². The first-order valence-electron chi connectivity index (χ1n) is 8.41. The largest absolute Gasteiger partial charge is 0.473 e. The highest BCUT2D eigenvalue weighted by atomic mass is 16.7. The number of nitrogens with zero attached hydrogens (tertiary/aromatic N) is 2. The van der Waals surface area contributed by atoms with Crippen LogP contribution in [0.2, 0.25) is 0 Å². The summed E-state index contributed by atoms with van der Waals surface area (Å²) in [6.45, 7) is 0.205. The zero-order valence-electron chi connectivity index (χ0n) is 13.7. The quantitative estimate of drug-likeness (QED) is 0.919. The predicted octanol–water partition coefficient (Wildman–Crippen LogP) is 2.33. The van der Waals surface area contributed by atoms with Gasteiger partial charge in [0, 0.05) is 24.0 Å². The molecule has 1 amide bonds. The number of fused-ring (bicyclic) bond motifs is 1. The highest BCUT2D eigenvalue weighted by Gasteiger charge is 2.25. The second kappa shape index (κ2) is 6.96. The lowest BCUT2D eigenvalue weighted by molar-refractivity contribution is 0.0889. The first kappa shape index (κ1) is 15.7. The number of carbonyl (C=O) groups is 1. The summed E-state index contributed by atoms with van der Waals surface area (Å²) < 4.78 is 16.4. The lowest BCUT2D eigenvalue weighted by atomic mass is 9.92. The molecule has 1 saturated carbocycles. The molecular formula is C18H19N3O4. The maximum Gasteiger partial charge on any atom is 0.251 e. The first-order valence-corrected chi connectivity index (χ1v) is 8.41. The van der Waals surface area contributed by atoms with E-state index < -0.39 is 0 Å². The van der Waals surface area contributed by atoms with Gasteiger partial charge in [-0.05, 0) is 43.9 Å². The number of nitrogens with one attached hydrogen (secondary N) is 1. The summed E-state index contributed by atoms with van der Waals surface area (Å²) in [6.07, 6.45) is 8.49. The molecule has 1 fully saturated rings. The van der Waals surface area contributed by atoms with Crippen LogP contribution in [0.3, 0.4) is 0 Å². The Kier molecular flexibility index (Phi) is 4.37. The van der Waals surface area contributed by atoms with Crippen LogP contribution in [-0.2, 0) is 0 Å². The van der Waals surface area contributed by atoms with E-state index in [2.05, 4.69) is 15.3 Å². The summed E-state index contributed by atoms with van der Waals surface area (Å²) in [5.74, 6) is 1.76. The molecule has 2 heterocycles. The van der Waals surface area contributed by atoms with Crippen molar-refractivity contribution < 1.29 is 19.0 Å². The molecule has 1 aromatic heterocycles. The first-order chi connectivity index (χ1) is 12.3. The van der Waals surface area contributed by atoms with E-state index in [1.807, 2.05) is 0 Å². The number of hydrogen-bond donors (Lipinski definition) is 1. The van der Waals surface area contributed by atoms with E-state index in [0.717, 1.165) is 25.7 Å². The van der Waals surface area contributed by atoms with Crippen LogP contribution in [0.1, 0.15) is 36.0 Å². The van der Waals surface area contributed by atoms with Crippen molar-refractivity contribution in [1.29, 1.82) is 0 Å². The Morgan fingerprint density at radius 3 is 2.76 bits per heavy atom. The third kappa shape index (κ3) is 3.65. The Balaban J connectivity index is 1.29. The highest BCUT2D eigenvalue weighted by molar-refractivity contribution is 5.95. The fourth-order valence-corrected chi connectivity index (χ4v) is 3.15. The number of ether oxygens (including phenoxy) is 3. The van der Waals surface area contributed by atoms with Crippen LogP contribution >= 0.6 is 0 Å². The summed E-state index contributed by atoms with van der Waals surface area (Å²) in [6, 6.07) is 5.40. The Morgan fingerprint density at radius 2 is 1.96 bits per heavy atom. The molecule has 0 atom stereocenters. The predicted molar refractivity (Wildman–Crippen MR) is 88.7 cm³/mol. The molecule has 0 saturated heterocycles. The molecule has 2 aromatic rings. The van der Waals surface area contributed by atoms with Gasteiger partial charge in [-0.25, -0.2) is 4.98 Å². The number of amides is 1. The average molecular weight is 341 g/mol. The maximum atomic E-state index is 12.4. The second-order valence-electron chi connectivity index (χ2n) is 6.18. The number of benzene rings is 1. The monoisotopic (exact) mass is 341 g/mol. The molecule has 0 radical (unpaired) electrons. The van der Waals surface area contributed by atoms with Crippen molar-refractivity contribution >= 4 is 5.91 Å². The highest BCUT2D eigenvalue weighted by Crippen LogP contribution is 2.32. The fraction of sp³-hybridized carbons (Fsp3) is 0.389. The SMILES string of the molecule is O=C(NC1CCC(Oc2cnccn2)CC1)c1ccc2c(c1)OCO2. The standard InChI is InChI=1S/C18H19N3O4/c22-18(12-1-6-15-16(9-12)24-11-23-15)21-13-2-4-14(5-3-13)25-17-10-19-7-8-20-17/h1,6-10,13-14H,2-5,11H2,(H,21,22). The van der Waals surface area contributed by atoms with Crippen molar-refractivity contribution in [3.63, 3.8) is 0 Å². The van der Waals surface area contributed by atoms with Gasteiger partial charge in [0.25, 0.3) is 5.91 Å². The topological polar surface area (TPSA) is 82.6 Å². The van der Waals surface area contributed by atoms with Gasteiger partial charge in [0.05, 0.1) is 6.20 Å². The summed E-state index contributed by atoms with van der Waals surface area (Å²) in [7, 11) is 0. The van der Waals surface area contributed by atoms with Gasteiger partial charge < -0.3 is 19.5 Å². The molecule has 4 rings (SSSR count). The normalized spacial score (nSPS) is 21.6. The second-order valence-corrected chi connectivity index (χ2v) is 6.18. The minimum atomic E-state index is -0.0865. The zero-order chi connectivity index (χ0) is 17.1. The van der Waals surface area contributed by atoms with Crippen molar-refractivity contribution in [2.75, 3.05) is 6.79 Å². The van der Waals surface area contributed by atoms with Crippen molar-refractivity contribution in [1.82, 2.24) is 15.3 Å². The van der Waals surface area contributed by atoms with Crippen molar-refractivity contribution in [2.45, 2.75) is 37.8 Å². The molecule has 25 heavy (non-hydrogen) atoms. The third-order valence-corrected chi connectivity index (χ3v) is 4.47. The summed E-state index contributed by atoms with van der Waals surface area (Å²) in [5.41, 5.74) is 0.585. The maximum absolute atomic E-state index is 12.4. The molecular weight excluding hydrogens is 322 g/mol. The summed E-state index contributed by atoms with van der Waals surface area (Å²) >= 11 is 0. The van der Waals surface area contributed by atoms with Gasteiger partial charge in [0.2, 0.25) is 12.7 Å². The molecule has 7 nitrogen and oxygen atoms in total. The van der Waals surface area contributed by atoms with Crippen LogP contribution in [-0.4, -0.2) is 34.8 Å². The van der Waals surface area contributed by atoms with E-state index in [1.165, 1.54) is 0 Å². The minimum absolute atomic E-state index is 0.0865. The lowest BCUT2D eigenvalue weighted by Gasteiger charge is -2.29. The lowest BCUT2D eigenvalue weighted by Crippen LogP contribution is -2.39. The third-order valence-electron chi connectivity index (χ3n) is 4.47. The zero-order valence-corrected chi connectivity index (χ0v) is 13.7. The summed E-state index contributed by atoms with van der Waals surface area (Å²) in [4.78, 5) is 20.6. The van der Waals surface area contributed by atoms with Gasteiger partial charge >= 0.3 is 0 Å². The van der Waals surface area contributed by atoms with Gasteiger partial charge in [-0.3, -0.25) is 9.78 Å². The Hall–Kier alpha value is -2.83.